The van der Waals surface area contributed by atoms with Crippen LogP contribution < -0.4 is 0 Å². The molecule has 1 N–H and O–H groups in total. The van der Waals surface area contributed by atoms with Crippen molar-refractivity contribution in [2.75, 3.05) is 0 Å². The lowest BCUT2D eigenvalue weighted by Crippen LogP contribution is -2.22. The highest BCUT2D eigenvalue weighted by molar-refractivity contribution is 5.40. The third-order valence-corrected chi connectivity index (χ3v) is 3.68. The molecule has 1 nitrogen and oxygen atoms in total. The lowest BCUT2D eigenvalue weighted by Gasteiger charge is -2.25. The maximum absolute atomic E-state index is 10.8. The van der Waals surface area contributed by atoms with Crippen LogP contribution in [0, 0.1) is 20.8 Å². The molecular weight excluding hydrogens is 220 g/mol. The van der Waals surface area contributed by atoms with Crippen LogP contribution in [0.15, 0.2) is 42.5 Å². The normalized spacial score (nSPS) is 14.3. The van der Waals surface area contributed by atoms with Gasteiger partial charge in [-0.3, -0.25) is 0 Å². The zero-order valence-corrected chi connectivity index (χ0v) is 11.5. The van der Waals surface area contributed by atoms with E-state index in [0.29, 0.717) is 0 Å². The van der Waals surface area contributed by atoms with Gasteiger partial charge in [-0.1, -0.05) is 48.0 Å². The fraction of sp³-hybridized carbons (Fsp3) is 0.294. The van der Waals surface area contributed by atoms with E-state index in [9.17, 15) is 5.11 Å². The molecular formula is C17H20O. The Morgan fingerprint density at radius 3 is 1.89 bits per heavy atom. The van der Waals surface area contributed by atoms with E-state index in [-0.39, 0.29) is 0 Å². The molecule has 0 aromatic heterocycles. The van der Waals surface area contributed by atoms with E-state index in [2.05, 4.69) is 32.9 Å². The lowest BCUT2D eigenvalue weighted by molar-refractivity contribution is 0.102. The SMILES string of the molecule is Cc1ccc(C(C)(O)c2ccc(C)c(C)c2)cc1. The Hall–Kier alpha value is -1.60. The van der Waals surface area contributed by atoms with Gasteiger partial charge in [0.1, 0.15) is 5.60 Å². The van der Waals surface area contributed by atoms with Crippen LogP contribution in [-0.2, 0) is 5.60 Å². The Bertz CT molecular complexity index is 550. The Kier molecular flexibility index (Phi) is 3.27. The molecule has 0 aliphatic rings. The number of hydrogen-bond donors (Lipinski definition) is 1. The van der Waals surface area contributed by atoms with Crippen molar-refractivity contribution in [2.24, 2.45) is 0 Å². The summed E-state index contributed by atoms with van der Waals surface area (Å²) in [5, 5.41) is 10.8. The van der Waals surface area contributed by atoms with Crippen LogP contribution >= 0.6 is 0 Å². The minimum atomic E-state index is -0.938. The Balaban J connectivity index is 2.46. The van der Waals surface area contributed by atoms with E-state index >= 15 is 0 Å². The summed E-state index contributed by atoms with van der Waals surface area (Å²) in [6, 6.07) is 14.2. The minimum Gasteiger partial charge on any atom is -0.381 e. The van der Waals surface area contributed by atoms with Crippen LogP contribution in [0.3, 0.4) is 0 Å². The lowest BCUT2D eigenvalue weighted by atomic mass is 9.86. The summed E-state index contributed by atoms with van der Waals surface area (Å²) in [5.74, 6) is 0. The highest BCUT2D eigenvalue weighted by Gasteiger charge is 2.25. The van der Waals surface area contributed by atoms with Gasteiger partial charge >= 0.3 is 0 Å². The molecule has 2 rings (SSSR count). The van der Waals surface area contributed by atoms with E-state index in [4.69, 9.17) is 0 Å². The summed E-state index contributed by atoms with van der Waals surface area (Å²) in [4.78, 5) is 0. The van der Waals surface area contributed by atoms with E-state index in [1.807, 2.05) is 37.3 Å². The van der Waals surface area contributed by atoms with Gasteiger partial charge in [-0.05, 0) is 49.9 Å². The Labute approximate surface area is 109 Å². The maximum atomic E-state index is 10.8. The number of hydrogen-bond acceptors (Lipinski definition) is 1. The second kappa shape index (κ2) is 4.58. The van der Waals surface area contributed by atoms with Gasteiger partial charge in [0.2, 0.25) is 0 Å². The molecule has 18 heavy (non-hydrogen) atoms. The summed E-state index contributed by atoms with van der Waals surface area (Å²) < 4.78 is 0. The molecule has 2 aromatic carbocycles. The van der Waals surface area contributed by atoms with Crippen molar-refractivity contribution in [2.45, 2.75) is 33.3 Å². The second-order valence-electron chi connectivity index (χ2n) is 5.24. The van der Waals surface area contributed by atoms with Crippen LogP contribution in [0.5, 0.6) is 0 Å². The van der Waals surface area contributed by atoms with Crippen molar-refractivity contribution < 1.29 is 5.11 Å². The van der Waals surface area contributed by atoms with Gasteiger partial charge < -0.3 is 5.11 Å². The predicted molar refractivity (Wildman–Crippen MR) is 75.8 cm³/mol. The summed E-state index contributed by atoms with van der Waals surface area (Å²) in [5.41, 5.74) is 4.59. The molecule has 94 valence electrons. The molecule has 0 heterocycles. The van der Waals surface area contributed by atoms with Gasteiger partial charge in [0.25, 0.3) is 0 Å². The summed E-state index contributed by atoms with van der Waals surface area (Å²) in [6.07, 6.45) is 0. The molecule has 0 aliphatic carbocycles. The molecule has 0 fully saturated rings. The third kappa shape index (κ3) is 2.32. The van der Waals surface area contributed by atoms with Crippen molar-refractivity contribution in [1.82, 2.24) is 0 Å². The summed E-state index contributed by atoms with van der Waals surface area (Å²) >= 11 is 0. The Morgan fingerprint density at radius 2 is 1.33 bits per heavy atom. The second-order valence-corrected chi connectivity index (χ2v) is 5.24. The molecule has 2 aromatic rings. The zero-order chi connectivity index (χ0) is 13.3. The topological polar surface area (TPSA) is 20.2 Å². The van der Waals surface area contributed by atoms with Crippen LogP contribution in [0.25, 0.3) is 0 Å². The third-order valence-electron chi connectivity index (χ3n) is 3.68. The van der Waals surface area contributed by atoms with E-state index in [1.165, 1.54) is 16.7 Å². The van der Waals surface area contributed by atoms with Crippen molar-refractivity contribution in [3.05, 3.63) is 70.3 Å². The molecule has 1 atom stereocenters. The van der Waals surface area contributed by atoms with Crippen molar-refractivity contribution >= 4 is 0 Å². The first-order chi connectivity index (χ1) is 8.41. The van der Waals surface area contributed by atoms with E-state index in [1.54, 1.807) is 0 Å². The predicted octanol–water partition coefficient (Wildman–Crippen LogP) is 3.87. The first-order valence-electron chi connectivity index (χ1n) is 6.28. The summed E-state index contributed by atoms with van der Waals surface area (Å²) in [6.45, 7) is 8.06. The van der Waals surface area contributed by atoms with Gasteiger partial charge in [0.15, 0.2) is 0 Å². The van der Waals surface area contributed by atoms with Crippen molar-refractivity contribution in [3.63, 3.8) is 0 Å². The maximum Gasteiger partial charge on any atom is 0.112 e. The van der Waals surface area contributed by atoms with Gasteiger partial charge in [0.05, 0.1) is 0 Å². The average molecular weight is 240 g/mol. The standard InChI is InChI=1S/C17H20O/c1-12-5-8-15(9-6-12)17(4,18)16-10-7-13(2)14(3)11-16/h5-11,18H,1-4H3. The number of benzene rings is 2. The smallest absolute Gasteiger partial charge is 0.112 e. The molecule has 0 saturated carbocycles. The van der Waals surface area contributed by atoms with Gasteiger partial charge in [-0.25, -0.2) is 0 Å². The molecule has 0 bridgehead atoms. The van der Waals surface area contributed by atoms with Crippen molar-refractivity contribution in [1.29, 1.82) is 0 Å². The van der Waals surface area contributed by atoms with Crippen LogP contribution in [0.4, 0.5) is 0 Å². The number of aryl methyl sites for hydroxylation is 3. The largest absolute Gasteiger partial charge is 0.381 e. The van der Waals surface area contributed by atoms with Gasteiger partial charge in [-0.15, -0.1) is 0 Å². The van der Waals surface area contributed by atoms with Crippen molar-refractivity contribution in [3.8, 4) is 0 Å². The Morgan fingerprint density at radius 1 is 0.778 bits per heavy atom. The fourth-order valence-corrected chi connectivity index (χ4v) is 2.09. The molecule has 0 radical (unpaired) electrons. The quantitative estimate of drug-likeness (QED) is 0.845. The highest BCUT2D eigenvalue weighted by Crippen LogP contribution is 2.30. The number of rotatable bonds is 2. The van der Waals surface area contributed by atoms with Gasteiger partial charge in [-0.2, -0.15) is 0 Å². The molecule has 0 spiro atoms. The molecule has 1 heteroatoms. The molecule has 0 aliphatic heterocycles. The number of aliphatic hydroxyl groups is 1. The van der Waals surface area contributed by atoms with Crippen LogP contribution in [0.2, 0.25) is 0 Å². The van der Waals surface area contributed by atoms with Gasteiger partial charge in [0, 0.05) is 0 Å². The van der Waals surface area contributed by atoms with E-state index in [0.717, 1.165) is 11.1 Å². The molecule has 0 amide bonds. The van der Waals surface area contributed by atoms with E-state index < -0.39 is 5.60 Å². The minimum absolute atomic E-state index is 0.927. The first kappa shape index (κ1) is 12.8. The molecule has 0 saturated heterocycles. The fourth-order valence-electron chi connectivity index (χ4n) is 2.09. The van der Waals surface area contributed by atoms with Crippen LogP contribution in [0.1, 0.15) is 34.7 Å². The summed E-state index contributed by atoms with van der Waals surface area (Å²) in [7, 11) is 0. The molecule has 1 unspecified atom stereocenters. The monoisotopic (exact) mass is 240 g/mol. The zero-order valence-electron chi connectivity index (χ0n) is 11.5. The first-order valence-corrected chi connectivity index (χ1v) is 6.28. The highest BCUT2D eigenvalue weighted by atomic mass is 16.3. The van der Waals surface area contributed by atoms with Crippen LogP contribution in [-0.4, -0.2) is 5.11 Å². The average Bonchev–Trinajstić information content (AvgIpc) is 2.33.